The Morgan fingerprint density at radius 1 is 1.00 bits per heavy atom. The molecule has 0 amide bonds. The normalized spacial score (nSPS) is 13.1. The molecule has 15 heteroatoms. The van der Waals surface area contributed by atoms with Gasteiger partial charge in [0.05, 0.1) is 25.2 Å². The zero-order chi connectivity index (χ0) is 31.3. The number of phenolic OH excluding ortho intramolecular Hbond substituents is 1. The van der Waals surface area contributed by atoms with Gasteiger partial charge in [0.1, 0.15) is 11.3 Å². The highest BCUT2D eigenvalue weighted by Crippen LogP contribution is 2.29. The number of carboxylic acid groups (broad SMARTS) is 2. The first kappa shape index (κ1) is 34.9. The smallest absolute Gasteiger partial charge is 0.344 e. The van der Waals surface area contributed by atoms with E-state index in [0.29, 0.717) is 12.8 Å². The van der Waals surface area contributed by atoms with Crippen molar-refractivity contribution in [1.29, 1.82) is 0 Å². The van der Waals surface area contributed by atoms with Crippen LogP contribution in [0.5, 0.6) is 5.75 Å². The molecule has 0 saturated carbocycles. The molecule has 1 aromatic rings. The van der Waals surface area contributed by atoms with Crippen molar-refractivity contribution in [3.8, 4) is 5.75 Å². The van der Waals surface area contributed by atoms with Crippen molar-refractivity contribution in [2.75, 3.05) is 6.79 Å². The number of ether oxygens (including phenoxy) is 2. The third-order valence-electron chi connectivity index (χ3n) is 6.20. The first-order valence-corrected chi connectivity index (χ1v) is 13.0. The van der Waals surface area contributed by atoms with Crippen LogP contribution in [0.15, 0.2) is 18.2 Å². The molecule has 0 saturated heterocycles. The van der Waals surface area contributed by atoms with Crippen LogP contribution in [-0.4, -0.2) is 75.7 Å². The Kier molecular flexibility index (Phi) is 13.8. The Labute approximate surface area is 237 Å². The van der Waals surface area contributed by atoms with Crippen molar-refractivity contribution < 1.29 is 68.6 Å². The number of aromatic hydroxyl groups is 1. The Bertz CT molecular complexity index is 1120. The molecule has 0 aliphatic rings. The molecule has 227 valence electrons. The molecule has 14 nitrogen and oxygen atoms in total. The fourth-order valence-electron chi connectivity index (χ4n) is 3.69. The number of carbonyl (C=O) groups excluding carboxylic acids is 3. The molecule has 2 atom stereocenters. The summed E-state index contributed by atoms with van der Waals surface area (Å²) in [5, 5.41) is 44.8. The molecule has 6 N–H and O–H groups in total. The molecular weight excluding hydrogens is 545 g/mol. The summed E-state index contributed by atoms with van der Waals surface area (Å²) in [7, 11) is -1.44. The van der Waals surface area contributed by atoms with Gasteiger partial charge in [0.15, 0.2) is 5.60 Å². The van der Waals surface area contributed by atoms with Gasteiger partial charge in [-0.1, -0.05) is 39.8 Å². The summed E-state index contributed by atoms with van der Waals surface area (Å²) in [6, 6.07) is 4.24. The van der Waals surface area contributed by atoms with E-state index in [-0.39, 0.29) is 35.8 Å². The summed E-state index contributed by atoms with van der Waals surface area (Å²) in [6.07, 6.45) is -1.15. The lowest BCUT2D eigenvalue weighted by Crippen LogP contribution is -2.48. The van der Waals surface area contributed by atoms with Crippen molar-refractivity contribution >= 4 is 42.9 Å². The number of aliphatic carboxylic acids is 2. The van der Waals surface area contributed by atoms with Gasteiger partial charge in [0.2, 0.25) is 6.79 Å². The highest BCUT2D eigenvalue weighted by Gasteiger charge is 2.41. The maximum absolute atomic E-state index is 12.5. The maximum Gasteiger partial charge on any atom is 0.344 e. The molecule has 41 heavy (non-hydrogen) atoms. The Morgan fingerprint density at radius 2 is 1.63 bits per heavy atom. The first-order chi connectivity index (χ1) is 19.2. The zero-order valence-electron chi connectivity index (χ0n) is 23.5. The first-order valence-electron chi connectivity index (χ1n) is 13.0. The van der Waals surface area contributed by atoms with Crippen LogP contribution in [0.2, 0.25) is 5.82 Å². The largest absolute Gasteiger partial charge is 0.675 e. The Morgan fingerprint density at radius 3 is 2.17 bits per heavy atom. The Balaban J connectivity index is 3.03. The molecule has 0 aliphatic heterocycles. The average Bonchev–Trinajstić information content (AvgIpc) is 2.89. The molecule has 0 heterocycles. The van der Waals surface area contributed by atoms with E-state index in [0.717, 1.165) is 0 Å². The van der Waals surface area contributed by atoms with Gasteiger partial charge in [-0.25, -0.2) is 15.0 Å². The van der Waals surface area contributed by atoms with Gasteiger partial charge in [0.25, 0.3) is 19.0 Å². The highest BCUT2D eigenvalue weighted by molar-refractivity contribution is 6.50. The van der Waals surface area contributed by atoms with Crippen LogP contribution < -0.4 is 5.41 Å². The second-order valence-electron chi connectivity index (χ2n) is 9.40. The second kappa shape index (κ2) is 16.2. The lowest BCUT2D eigenvalue weighted by Gasteiger charge is -2.35. The minimum Gasteiger partial charge on any atom is -0.675 e. The van der Waals surface area contributed by atoms with Gasteiger partial charge >= 0.3 is 23.9 Å². The number of rotatable bonds is 17. The van der Waals surface area contributed by atoms with Crippen LogP contribution in [0.3, 0.4) is 0 Å². The number of hydrogen-bond donors (Lipinski definition) is 5. The van der Waals surface area contributed by atoms with E-state index in [1.807, 2.05) is 13.8 Å². The SMILES string of the molecule is CCC(=[NH2+])O[B-](OC(=O)CC(O)(CC(=O)O)C(=O)O)[C@@H](C)Cc1cccc(C(=O)OCOC(=O)C(CC)CC)c1O. The maximum atomic E-state index is 12.5. The van der Waals surface area contributed by atoms with Crippen molar-refractivity contribution in [2.24, 2.45) is 5.92 Å². The molecular formula is C26H37BNO13. The van der Waals surface area contributed by atoms with Gasteiger partial charge in [-0.15, -0.1) is 5.82 Å². The third kappa shape index (κ3) is 10.7. The number of carbonyl (C=O) groups is 5. The minimum atomic E-state index is -2.92. The van der Waals surface area contributed by atoms with E-state index in [2.05, 4.69) is 0 Å². The standard InChI is InChI=1S/C26H36BNO13/c1-5-16(6-2)23(33)38-14-39-24(34)18-10-8-9-17(22(18)32)11-15(4)27(40-19(28)7-3)41-21(31)13-26(37,25(35)36)12-20(29)30/h8-10,15-16,28,32,37H,5-7,11-14H2,1-4H3,(H,29,30)(H,35,36)/q-1/p+1/t15-,26?/m0/s1. The number of para-hydroxylation sites is 1. The number of aliphatic hydroxyl groups is 1. The van der Waals surface area contributed by atoms with Crippen molar-refractivity contribution in [2.45, 2.75) is 77.6 Å². The molecule has 0 fully saturated rings. The minimum absolute atomic E-state index is 0.0434. The zero-order valence-corrected chi connectivity index (χ0v) is 23.5. The van der Waals surface area contributed by atoms with Crippen LogP contribution in [-0.2, 0) is 44.4 Å². The molecule has 1 unspecified atom stereocenters. The lowest BCUT2D eigenvalue weighted by molar-refractivity contribution is -0.170. The molecule has 0 spiro atoms. The number of esters is 2. The van der Waals surface area contributed by atoms with Crippen LogP contribution in [0.1, 0.15) is 75.7 Å². The van der Waals surface area contributed by atoms with E-state index >= 15 is 0 Å². The van der Waals surface area contributed by atoms with Gasteiger partial charge in [-0.3, -0.25) is 14.4 Å². The number of benzene rings is 1. The summed E-state index contributed by atoms with van der Waals surface area (Å²) in [6.45, 7) is 6.21. The van der Waals surface area contributed by atoms with Gasteiger partial charge in [-0.2, -0.15) is 0 Å². The lowest BCUT2D eigenvalue weighted by atomic mass is 9.69. The second-order valence-corrected chi connectivity index (χ2v) is 9.40. The topological polar surface area (TPSA) is 229 Å². The molecule has 0 aromatic heterocycles. The van der Waals surface area contributed by atoms with E-state index in [1.165, 1.54) is 18.2 Å². The third-order valence-corrected chi connectivity index (χ3v) is 6.20. The van der Waals surface area contributed by atoms with Crippen LogP contribution >= 0.6 is 0 Å². The van der Waals surface area contributed by atoms with Crippen molar-refractivity contribution in [3.63, 3.8) is 0 Å². The summed E-state index contributed by atoms with van der Waals surface area (Å²) in [4.78, 5) is 59.4. The number of nitrogens with two attached hydrogens (primary N) is 1. The summed E-state index contributed by atoms with van der Waals surface area (Å²) >= 11 is 0. The quantitative estimate of drug-likeness (QED) is 0.0561. The number of carboxylic acids is 2. The fraction of sp³-hybridized carbons (Fsp3) is 0.538. The number of phenols is 1. The van der Waals surface area contributed by atoms with E-state index in [4.69, 9.17) is 29.3 Å². The predicted molar refractivity (Wildman–Crippen MR) is 141 cm³/mol. The molecule has 1 aromatic carbocycles. The summed E-state index contributed by atoms with van der Waals surface area (Å²) in [5.74, 6) is -7.91. The average molecular weight is 582 g/mol. The molecule has 1 radical (unpaired) electrons. The monoisotopic (exact) mass is 582 g/mol. The van der Waals surface area contributed by atoms with E-state index in [9.17, 15) is 39.3 Å². The van der Waals surface area contributed by atoms with Crippen LogP contribution in [0.4, 0.5) is 0 Å². The van der Waals surface area contributed by atoms with Crippen LogP contribution in [0, 0.1) is 5.92 Å². The fourth-order valence-corrected chi connectivity index (χ4v) is 3.69. The van der Waals surface area contributed by atoms with E-state index < -0.39 is 73.8 Å². The van der Waals surface area contributed by atoms with E-state index in [1.54, 1.807) is 13.8 Å². The number of hydrogen-bond acceptors (Lipinski definition) is 11. The van der Waals surface area contributed by atoms with Crippen molar-refractivity contribution in [1.82, 2.24) is 0 Å². The highest BCUT2D eigenvalue weighted by atomic mass is 16.7. The van der Waals surface area contributed by atoms with Gasteiger partial charge in [0, 0.05) is 0 Å². The van der Waals surface area contributed by atoms with Gasteiger partial charge in [-0.05, 0) is 30.9 Å². The van der Waals surface area contributed by atoms with Crippen LogP contribution in [0.25, 0.3) is 0 Å². The summed E-state index contributed by atoms with van der Waals surface area (Å²) < 4.78 is 20.6. The van der Waals surface area contributed by atoms with Crippen molar-refractivity contribution in [3.05, 3.63) is 29.3 Å². The molecule has 0 bridgehead atoms. The predicted octanol–water partition coefficient (Wildman–Crippen LogP) is 0.715. The van der Waals surface area contributed by atoms with Gasteiger partial charge < -0.3 is 39.2 Å². The molecule has 0 aliphatic carbocycles. The summed E-state index contributed by atoms with van der Waals surface area (Å²) in [5.41, 5.74) is -2.93. The Hall–Kier alpha value is -4.14. The molecule has 1 rings (SSSR count).